The molecule has 0 bridgehead atoms. The molecule has 2 aromatic carbocycles. The highest BCUT2D eigenvalue weighted by Gasteiger charge is 2.08. The zero-order chi connectivity index (χ0) is 27.7. The number of nitrogens with zero attached hydrogens (tertiary/aromatic N) is 3. The maximum Gasteiger partial charge on any atom is 0.251 e. The highest BCUT2D eigenvalue weighted by Crippen LogP contribution is 2.14. The Bertz CT molecular complexity index is 1140. The van der Waals surface area contributed by atoms with Gasteiger partial charge in [0.05, 0.1) is 33.0 Å². The van der Waals surface area contributed by atoms with Gasteiger partial charge in [-0.05, 0) is 35.4 Å². The average Bonchev–Trinajstić information content (AvgIpc) is 2.96. The molecule has 1 aromatic heterocycles. The highest BCUT2D eigenvalue weighted by molar-refractivity contribution is 6.30. The van der Waals surface area contributed by atoms with Gasteiger partial charge in [-0.1, -0.05) is 35.9 Å². The average molecular weight is 559 g/mol. The molecule has 39 heavy (non-hydrogen) atoms. The monoisotopic (exact) mass is 558 g/mol. The second-order valence-corrected chi connectivity index (χ2v) is 8.69. The Morgan fingerprint density at radius 3 is 1.87 bits per heavy atom. The number of rotatable bonds is 18. The van der Waals surface area contributed by atoms with Crippen molar-refractivity contribution in [2.24, 2.45) is 5.73 Å². The lowest BCUT2D eigenvalue weighted by Crippen LogP contribution is -2.27. The Hall–Kier alpha value is -3.55. The van der Waals surface area contributed by atoms with Crippen LogP contribution in [0.1, 0.15) is 21.5 Å². The molecule has 1 amide bonds. The minimum atomic E-state index is -0.175. The van der Waals surface area contributed by atoms with Crippen molar-refractivity contribution in [1.29, 1.82) is 0 Å². The molecule has 0 aliphatic carbocycles. The Balaban J connectivity index is 1.49. The third kappa shape index (κ3) is 11.4. The van der Waals surface area contributed by atoms with Gasteiger partial charge in [0.2, 0.25) is 17.8 Å². The summed E-state index contributed by atoms with van der Waals surface area (Å²) < 4.78 is 10.6. The first-order valence-corrected chi connectivity index (χ1v) is 13.0. The van der Waals surface area contributed by atoms with Crippen LogP contribution in [0, 0.1) is 0 Å². The van der Waals surface area contributed by atoms with Crippen molar-refractivity contribution in [3.63, 3.8) is 0 Å². The second-order valence-electron chi connectivity index (χ2n) is 8.26. The molecule has 3 aromatic rings. The van der Waals surface area contributed by atoms with Crippen LogP contribution in [-0.2, 0) is 22.6 Å². The van der Waals surface area contributed by atoms with Crippen LogP contribution in [0.3, 0.4) is 0 Å². The predicted octanol–water partition coefficient (Wildman–Crippen LogP) is 1.88. The summed E-state index contributed by atoms with van der Waals surface area (Å²) in [4.78, 5) is 25.5. The number of aliphatic hydroxyl groups is 1. The van der Waals surface area contributed by atoms with Crippen molar-refractivity contribution >= 4 is 35.4 Å². The molecule has 0 spiro atoms. The Labute approximate surface area is 232 Å². The fourth-order valence-electron chi connectivity index (χ4n) is 3.26. The van der Waals surface area contributed by atoms with Gasteiger partial charge in [0.1, 0.15) is 0 Å². The molecular formula is C26H35ClN8O4. The number of amides is 1. The van der Waals surface area contributed by atoms with Crippen LogP contribution in [0.4, 0.5) is 17.8 Å². The van der Waals surface area contributed by atoms with Gasteiger partial charge < -0.3 is 41.6 Å². The van der Waals surface area contributed by atoms with E-state index in [0.29, 0.717) is 87.6 Å². The number of nitrogens with one attached hydrogen (secondary N) is 4. The molecule has 0 saturated carbocycles. The summed E-state index contributed by atoms with van der Waals surface area (Å²) in [5.74, 6) is 0.895. The van der Waals surface area contributed by atoms with Crippen molar-refractivity contribution in [2.75, 3.05) is 68.6 Å². The van der Waals surface area contributed by atoms with Crippen molar-refractivity contribution in [2.45, 2.75) is 13.1 Å². The van der Waals surface area contributed by atoms with Gasteiger partial charge in [-0.2, -0.15) is 15.0 Å². The predicted molar refractivity (Wildman–Crippen MR) is 151 cm³/mol. The molecule has 3 rings (SSSR count). The summed E-state index contributed by atoms with van der Waals surface area (Å²) in [6.45, 7) is 3.91. The number of benzene rings is 2. The third-order valence-corrected chi connectivity index (χ3v) is 5.48. The minimum absolute atomic E-state index is 0.0564. The first-order valence-electron chi connectivity index (χ1n) is 12.6. The first-order chi connectivity index (χ1) is 19.1. The number of halogens is 1. The van der Waals surface area contributed by atoms with E-state index in [4.69, 9.17) is 31.9 Å². The SMILES string of the molecule is NCCOCCOCCNC(=O)c1ccc(CNc2nc(NCCO)nc(NCc3ccc(Cl)cc3)n2)cc1. The Kier molecular flexibility index (Phi) is 13.2. The fourth-order valence-corrected chi connectivity index (χ4v) is 3.39. The zero-order valence-corrected chi connectivity index (χ0v) is 22.4. The summed E-state index contributed by atoms with van der Waals surface area (Å²) in [5, 5.41) is 22.0. The number of hydrogen-bond acceptors (Lipinski definition) is 11. The summed E-state index contributed by atoms with van der Waals surface area (Å²) in [6, 6.07) is 14.7. The van der Waals surface area contributed by atoms with Crippen LogP contribution >= 0.6 is 11.6 Å². The molecule has 210 valence electrons. The number of aliphatic hydroxyl groups excluding tert-OH is 1. The molecule has 13 heteroatoms. The minimum Gasteiger partial charge on any atom is -0.395 e. The van der Waals surface area contributed by atoms with E-state index in [9.17, 15) is 4.79 Å². The number of ether oxygens (including phenoxy) is 2. The van der Waals surface area contributed by atoms with E-state index < -0.39 is 0 Å². The number of hydrogen-bond donors (Lipinski definition) is 6. The summed E-state index contributed by atoms with van der Waals surface area (Å²) in [5.41, 5.74) is 7.85. The van der Waals surface area contributed by atoms with Crippen LogP contribution < -0.4 is 27.0 Å². The molecule has 7 N–H and O–H groups in total. The van der Waals surface area contributed by atoms with Crippen molar-refractivity contribution in [3.8, 4) is 0 Å². The number of carbonyl (C=O) groups excluding carboxylic acids is 1. The lowest BCUT2D eigenvalue weighted by atomic mass is 10.1. The highest BCUT2D eigenvalue weighted by atomic mass is 35.5. The van der Waals surface area contributed by atoms with Crippen LogP contribution in [0.5, 0.6) is 0 Å². The van der Waals surface area contributed by atoms with Gasteiger partial charge in [-0.3, -0.25) is 4.79 Å². The van der Waals surface area contributed by atoms with Gasteiger partial charge >= 0.3 is 0 Å². The number of aromatic nitrogens is 3. The molecular weight excluding hydrogens is 524 g/mol. The standard InChI is InChI=1S/C26H35ClN8O4/c27-22-7-3-20(4-8-22)18-32-26-34-24(30-10-12-36)33-25(35-26)31-17-19-1-5-21(6-2-19)23(37)29-11-14-39-16-15-38-13-9-28/h1-8,36H,9-18,28H2,(H,29,37)(H3,30,31,32,33,34,35). The van der Waals surface area contributed by atoms with E-state index in [0.717, 1.165) is 11.1 Å². The van der Waals surface area contributed by atoms with Gasteiger partial charge in [0.15, 0.2) is 0 Å². The quantitative estimate of drug-likeness (QED) is 0.126. The molecule has 0 fully saturated rings. The Morgan fingerprint density at radius 1 is 0.769 bits per heavy atom. The van der Waals surface area contributed by atoms with Crippen LogP contribution in [0.25, 0.3) is 0 Å². The van der Waals surface area contributed by atoms with E-state index in [-0.39, 0.29) is 12.5 Å². The zero-order valence-electron chi connectivity index (χ0n) is 21.7. The van der Waals surface area contributed by atoms with Gasteiger partial charge in [0.25, 0.3) is 5.91 Å². The third-order valence-electron chi connectivity index (χ3n) is 5.23. The molecule has 0 aliphatic rings. The van der Waals surface area contributed by atoms with Crippen LogP contribution in [-0.4, -0.2) is 78.6 Å². The van der Waals surface area contributed by atoms with E-state index in [1.165, 1.54) is 0 Å². The van der Waals surface area contributed by atoms with Crippen LogP contribution in [0.2, 0.25) is 5.02 Å². The van der Waals surface area contributed by atoms with E-state index in [1.54, 1.807) is 12.1 Å². The van der Waals surface area contributed by atoms with E-state index in [2.05, 4.69) is 36.2 Å². The number of carbonyl (C=O) groups is 1. The topological polar surface area (TPSA) is 169 Å². The molecule has 12 nitrogen and oxygen atoms in total. The molecule has 0 unspecified atom stereocenters. The first kappa shape index (κ1) is 30.0. The fraction of sp³-hybridized carbons (Fsp3) is 0.385. The second kappa shape index (κ2) is 17.1. The lowest BCUT2D eigenvalue weighted by molar-refractivity contribution is 0.0511. The van der Waals surface area contributed by atoms with E-state index >= 15 is 0 Å². The van der Waals surface area contributed by atoms with E-state index in [1.807, 2.05) is 36.4 Å². The molecule has 0 saturated heterocycles. The van der Waals surface area contributed by atoms with Crippen molar-refractivity contribution in [3.05, 3.63) is 70.2 Å². The largest absolute Gasteiger partial charge is 0.395 e. The van der Waals surface area contributed by atoms with Gasteiger partial charge in [0, 0.05) is 43.3 Å². The molecule has 0 atom stereocenters. The molecule has 1 heterocycles. The smallest absolute Gasteiger partial charge is 0.251 e. The molecule has 0 radical (unpaired) electrons. The Morgan fingerprint density at radius 2 is 1.31 bits per heavy atom. The number of nitrogens with two attached hydrogens (primary N) is 1. The van der Waals surface area contributed by atoms with Gasteiger partial charge in [-0.15, -0.1) is 0 Å². The molecule has 0 aliphatic heterocycles. The van der Waals surface area contributed by atoms with Crippen molar-refractivity contribution < 1.29 is 19.4 Å². The summed E-state index contributed by atoms with van der Waals surface area (Å²) >= 11 is 5.95. The van der Waals surface area contributed by atoms with Crippen molar-refractivity contribution in [1.82, 2.24) is 20.3 Å². The summed E-state index contributed by atoms with van der Waals surface area (Å²) in [6.07, 6.45) is 0. The summed E-state index contributed by atoms with van der Waals surface area (Å²) in [7, 11) is 0. The van der Waals surface area contributed by atoms with Crippen LogP contribution in [0.15, 0.2) is 48.5 Å². The normalized spacial score (nSPS) is 10.7. The maximum absolute atomic E-state index is 12.4. The lowest BCUT2D eigenvalue weighted by Gasteiger charge is -2.11. The van der Waals surface area contributed by atoms with Gasteiger partial charge in [-0.25, -0.2) is 0 Å². The maximum atomic E-state index is 12.4. The number of anilines is 3.